The number of nitrogens with zero attached hydrogens (tertiary/aromatic N) is 1. The number of aryl methyl sites for hydroxylation is 1. The third-order valence-electron chi connectivity index (χ3n) is 3.07. The molecule has 0 fully saturated rings. The molecule has 0 aliphatic rings. The molecule has 0 saturated carbocycles. The smallest absolute Gasteiger partial charge is 0.339 e. The maximum atomic E-state index is 12.2. The number of carbonyl (C=O) groups is 3. The molecule has 24 heavy (non-hydrogen) atoms. The Kier molecular flexibility index (Phi) is 5.47. The molecule has 0 aliphatic heterocycles. The summed E-state index contributed by atoms with van der Waals surface area (Å²) in [5.41, 5.74) is 1.67. The lowest BCUT2D eigenvalue weighted by Crippen LogP contribution is -2.44. The molecule has 0 bridgehead atoms. The zero-order valence-electron chi connectivity index (χ0n) is 13.8. The normalized spacial score (nSPS) is 10.5. The van der Waals surface area contributed by atoms with Crippen molar-refractivity contribution in [3.05, 3.63) is 41.6 Å². The van der Waals surface area contributed by atoms with E-state index in [1.54, 1.807) is 45.0 Å². The summed E-state index contributed by atoms with van der Waals surface area (Å²) in [5, 5.41) is 5.24. The van der Waals surface area contributed by atoms with Crippen LogP contribution in [0.1, 0.15) is 29.9 Å². The van der Waals surface area contributed by atoms with Gasteiger partial charge in [0.15, 0.2) is 6.61 Å². The first-order chi connectivity index (χ1) is 11.4. The highest BCUT2D eigenvalue weighted by Gasteiger charge is 2.16. The van der Waals surface area contributed by atoms with Gasteiger partial charge in [0.1, 0.15) is 0 Å². The molecule has 7 heteroatoms. The fraction of sp³-hybridized carbons (Fsp3) is 0.294. The van der Waals surface area contributed by atoms with Crippen LogP contribution >= 0.6 is 0 Å². The highest BCUT2D eigenvalue weighted by Crippen LogP contribution is 2.18. The number of para-hydroxylation sites is 1. The average molecular weight is 329 g/mol. The topological polar surface area (TPSA) is 97.4 Å². The first kappa shape index (κ1) is 17.4. The van der Waals surface area contributed by atoms with Gasteiger partial charge in [-0.15, -0.1) is 0 Å². The number of rotatable bonds is 4. The maximum Gasteiger partial charge on any atom is 0.339 e. The Labute approximate surface area is 139 Å². The predicted octanol–water partition coefficient (Wildman–Crippen LogP) is 1.93. The van der Waals surface area contributed by atoms with Gasteiger partial charge in [-0.2, -0.15) is 0 Å². The molecular formula is C17H19N3O4. The lowest BCUT2D eigenvalue weighted by Gasteiger charge is -2.10. The van der Waals surface area contributed by atoms with Crippen LogP contribution in [0.3, 0.4) is 0 Å². The van der Waals surface area contributed by atoms with Crippen LogP contribution in [0.5, 0.6) is 0 Å². The van der Waals surface area contributed by atoms with E-state index in [1.165, 1.54) is 0 Å². The summed E-state index contributed by atoms with van der Waals surface area (Å²) < 4.78 is 5.00. The van der Waals surface area contributed by atoms with Gasteiger partial charge >= 0.3 is 12.0 Å². The number of hydrogen-bond donors (Lipinski definition) is 2. The highest BCUT2D eigenvalue weighted by atomic mass is 16.5. The molecule has 1 aromatic heterocycles. The third kappa shape index (κ3) is 4.52. The molecule has 1 heterocycles. The van der Waals surface area contributed by atoms with Crippen LogP contribution in [0.2, 0.25) is 0 Å². The van der Waals surface area contributed by atoms with Crippen molar-refractivity contribution in [3.8, 4) is 0 Å². The zero-order valence-corrected chi connectivity index (χ0v) is 13.8. The van der Waals surface area contributed by atoms with Gasteiger partial charge in [0.2, 0.25) is 0 Å². The number of nitrogens with one attached hydrogen (secondary N) is 2. The van der Waals surface area contributed by atoms with Crippen LogP contribution in [0.25, 0.3) is 10.9 Å². The van der Waals surface area contributed by atoms with Crippen molar-refractivity contribution in [1.82, 2.24) is 15.6 Å². The molecule has 2 N–H and O–H groups in total. The van der Waals surface area contributed by atoms with Gasteiger partial charge in [-0.25, -0.2) is 9.59 Å². The summed E-state index contributed by atoms with van der Waals surface area (Å²) in [6.45, 7) is 4.76. The number of ether oxygens (including phenoxy) is 1. The second-order valence-corrected chi connectivity index (χ2v) is 5.58. The molecule has 0 aliphatic carbocycles. The number of hydrogen-bond acceptors (Lipinski definition) is 5. The van der Waals surface area contributed by atoms with Crippen LogP contribution in [0.4, 0.5) is 4.79 Å². The molecular weight excluding hydrogens is 310 g/mol. The molecule has 0 saturated heterocycles. The second-order valence-electron chi connectivity index (χ2n) is 5.58. The number of carbonyl (C=O) groups excluding carboxylic acids is 3. The van der Waals surface area contributed by atoms with Gasteiger partial charge in [-0.1, -0.05) is 18.2 Å². The van der Waals surface area contributed by atoms with Crippen molar-refractivity contribution in [1.29, 1.82) is 0 Å². The van der Waals surface area contributed by atoms with Crippen LogP contribution in [-0.4, -0.2) is 35.5 Å². The Morgan fingerprint density at radius 3 is 2.62 bits per heavy atom. The summed E-state index contributed by atoms with van der Waals surface area (Å²) in [7, 11) is 0. The summed E-state index contributed by atoms with van der Waals surface area (Å²) in [5.74, 6) is -1.34. The van der Waals surface area contributed by atoms with Gasteiger partial charge in [-0.05, 0) is 32.9 Å². The van der Waals surface area contributed by atoms with Crippen molar-refractivity contribution in [2.75, 3.05) is 6.61 Å². The van der Waals surface area contributed by atoms with Crippen molar-refractivity contribution in [3.63, 3.8) is 0 Å². The van der Waals surface area contributed by atoms with Gasteiger partial charge in [0.05, 0.1) is 11.1 Å². The first-order valence-electron chi connectivity index (χ1n) is 7.50. The SMILES string of the molecule is Cc1cc(C(=O)OCC(=O)NC(=O)NC(C)C)c2ccccc2n1. The molecule has 2 rings (SSSR count). The molecule has 0 spiro atoms. The Morgan fingerprint density at radius 2 is 1.92 bits per heavy atom. The fourth-order valence-corrected chi connectivity index (χ4v) is 2.15. The fourth-order valence-electron chi connectivity index (χ4n) is 2.15. The third-order valence-corrected chi connectivity index (χ3v) is 3.07. The predicted molar refractivity (Wildman–Crippen MR) is 88.6 cm³/mol. The Balaban J connectivity index is 2.03. The van der Waals surface area contributed by atoms with Gasteiger partial charge in [0.25, 0.3) is 5.91 Å². The van der Waals surface area contributed by atoms with E-state index in [9.17, 15) is 14.4 Å². The minimum absolute atomic E-state index is 0.105. The lowest BCUT2D eigenvalue weighted by molar-refractivity contribution is -0.123. The Bertz CT molecular complexity index is 786. The minimum Gasteiger partial charge on any atom is -0.452 e. The molecule has 0 unspecified atom stereocenters. The monoisotopic (exact) mass is 329 g/mol. The van der Waals surface area contributed by atoms with Crippen molar-refractivity contribution < 1.29 is 19.1 Å². The van der Waals surface area contributed by atoms with Crippen LogP contribution in [-0.2, 0) is 9.53 Å². The van der Waals surface area contributed by atoms with Crippen LogP contribution in [0, 0.1) is 6.92 Å². The zero-order chi connectivity index (χ0) is 17.7. The standard InChI is InChI=1S/C17H19N3O4/c1-10(2)18-17(23)20-15(21)9-24-16(22)13-8-11(3)19-14-7-5-4-6-12(13)14/h4-8,10H,9H2,1-3H3,(H2,18,20,21,23). The van der Waals surface area contributed by atoms with Gasteiger partial charge < -0.3 is 10.1 Å². The average Bonchev–Trinajstić information content (AvgIpc) is 2.50. The number of fused-ring (bicyclic) bond motifs is 1. The molecule has 126 valence electrons. The number of amides is 3. The summed E-state index contributed by atoms with van der Waals surface area (Å²) in [4.78, 5) is 39.6. The summed E-state index contributed by atoms with van der Waals surface area (Å²) >= 11 is 0. The van der Waals surface area contributed by atoms with Gasteiger partial charge in [-0.3, -0.25) is 15.1 Å². The van der Waals surface area contributed by atoms with Crippen LogP contribution < -0.4 is 10.6 Å². The van der Waals surface area contributed by atoms with E-state index in [0.717, 1.165) is 0 Å². The summed E-state index contributed by atoms with van der Waals surface area (Å²) in [6.07, 6.45) is 0. The molecule has 0 radical (unpaired) electrons. The number of imide groups is 1. The number of aromatic nitrogens is 1. The Hall–Kier alpha value is -2.96. The first-order valence-corrected chi connectivity index (χ1v) is 7.50. The number of pyridine rings is 1. The van der Waals surface area contributed by atoms with E-state index in [-0.39, 0.29) is 6.04 Å². The molecule has 7 nitrogen and oxygen atoms in total. The van der Waals surface area contributed by atoms with E-state index in [2.05, 4.69) is 15.6 Å². The van der Waals surface area contributed by atoms with E-state index in [1.807, 2.05) is 6.07 Å². The Morgan fingerprint density at radius 1 is 1.21 bits per heavy atom. The molecule has 3 amide bonds. The van der Waals surface area contributed by atoms with Gasteiger partial charge in [0, 0.05) is 17.1 Å². The van der Waals surface area contributed by atoms with Crippen LogP contribution in [0.15, 0.2) is 30.3 Å². The second kappa shape index (κ2) is 7.54. The van der Waals surface area contributed by atoms with Crippen molar-refractivity contribution in [2.24, 2.45) is 0 Å². The van der Waals surface area contributed by atoms with E-state index >= 15 is 0 Å². The highest BCUT2D eigenvalue weighted by molar-refractivity contribution is 6.04. The van der Waals surface area contributed by atoms with Crippen molar-refractivity contribution in [2.45, 2.75) is 26.8 Å². The van der Waals surface area contributed by atoms with E-state index < -0.39 is 24.5 Å². The quantitative estimate of drug-likeness (QED) is 0.835. The molecule has 2 aromatic rings. The molecule has 0 atom stereocenters. The minimum atomic E-state index is -0.698. The van der Waals surface area contributed by atoms with E-state index in [0.29, 0.717) is 22.2 Å². The largest absolute Gasteiger partial charge is 0.452 e. The number of urea groups is 1. The van der Waals surface area contributed by atoms with Crippen molar-refractivity contribution >= 4 is 28.8 Å². The number of esters is 1. The number of benzene rings is 1. The summed E-state index contributed by atoms with van der Waals surface area (Å²) in [6, 6.07) is 8.04. The van der Waals surface area contributed by atoms with E-state index in [4.69, 9.17) is 4.74 Å². The maximum absolute atomic E-state index is 12.2. The molecule has 1 aromatic carbocycles. The lowest BCUT2D eigenvalue weighted by atomic mass is 10.1.